The molecule has 1 saturated carbocycles. The molecular weight excluding hydrogens is 454 g/mol. The minimum Gasteiger partial charge on any atom is -0.333 e. The number of halogens is 1. The summed E-state index contributed by atoms with van der Waals surface area (Å²) in [5.74, 6) is 1.38. The van der Waals surface area contributed by atoms with Gasteiger partial charge in [0.15, 0.2) is 0 Å². The number of fused-ring (bicyclic) bond motifs is 1. The van der Waals surface area contributed by atoms with Crippen molar-refractivity contribution in [2.45, 2.75) is 46.1 Å². The Morgan fingerprint density at radius 2 is 1.81 bits per heavy atom. The maximum absolute atomic E-state index is 13.6. The van der Waals surface area contributed by atoms with Crippen molar-refractivity contribution in [1.82, 2.24) is 14.5 Å². The first-order valence-corrected chi connectivity index (χ1v) is 11.7. The second-order valence-corrected chi connectivity index (χ2v) is 9.68. The maximum atomic E-state index is 13.6. The van der Waals surface area contributed by atoms with Crippen LogP contribution in [-0.2, 0) is 4.79 Å². The fraction of sp³-hybridized carbons (Fsp3) is 0.400. The molecule has 31 heavy (non-hydrogen) atoms. The van der Waals surface area contributed by atoms with Crippen molar-refractivity contribution in [3.63, 3.8) is 0 Å². The van der Waals surface area contributed by atoms with Crippen molar-refractivity contribution < 1.29 is 4.79 Å². The Balaban J connectivity index is 1.87. The second-order valence-electron chi connectivity index (χ2n) is 8.77. The van der Waals surface area contributed by atoms with Gasteiger partial charge in [0.1, 0.15) is 5.82 Å². The van der Waals surface area contributed by atoms with E-state index < -0.39 is 0 Å². The highest BCUT2D eigenvalue weighted by Crippen LogP contribution is 2.34. The van der Waals surface area contributed by atoms with Gasteiger partial charge in [-0.1, -0.05) is 41.9 Å². The van der Waals surface area contributed by atoms with Crippen LogP contribution in [-0.4, -0.2) is 26.9 Å². The van der Waals surface area contributed by atoms with E-state index in [4.69, 9.17) is 4.98 Å². The third-order valence-corrected chi connectivity index (χ3v) is 6.41. The number of nitrogens with zero attached hydrogens (tertiary/aromatic N) is 3. The lowest BCUT2D eigenvalue weighted by Crippen LogP contribution is -2.39. The van der Waals surface area contributed by atoms with Gasteiger partial charge in [0, 0.05) is 16.9 Å². The predicted octanol–water partition coefficient (Wildman–Crippen LogP) is 5.49. The maximum Gasteiger partial charge on any atom is 0.266 e. The summed E-state index contributed by atoms with van der Waals surface area (Å²) < 4.78 is 2.61. The second kappa shape index (κ2) is 8.95. The van der Waals surface area contributed by atoms with Gasteiger partial charge < -0.3 is 4.90 Å². The summed E-state index contributed by atoms with van der Waals surface area (Å²) in [6, 6.07) is 14.7. The zero-order chi connectivity index (χ0) is 22.1. The quantitative estimate of drug-likeness (QED) is 0.447. The first kappa shape index (κ1) is 21.8. The molecule has 6 heteroatoms. The number of hydrogen-bond donors (Lipinski definition) is 0. The summed E-state index contributed by atoms with van der Waals surface area (Å²) in [5.41, 5.74) is 1.29. The van der Waals surface area contributed by atoms with E-state index in [1.807, 2.05) is 54.3 Å². The van der Waals surface area contributed by atoms with Gasteiger partial charge in [0.25, 0.3) is 5.56 Å². The molecule has 0 N–H and O–H groups in total. The Labute approximate surface area is 191 Å². The summed E-state index contributed by atoms with van der Waals surface area (Å²) in [5, 5.41) is 0.573. The van der Waals surface area contributed by atoms with E-state index in [-0.39, 0.29) is 23.4 Å². The highest BCUT2D eigenvalue weighted by Gasteiger charge is 2.36. The monoisotopic (exact) mass is 481 g/mol. The van der Waals surface area contributed by atoms with Gasteiger partial charge in [-0.25, -0.2) is 4.98 Å². The van der Waals surface area contributed by atoms with Crippen LogP contribution in [0.2, 0.25) is 0 Å². The number of carbonyl (C=O) groups is 1. The Morgan fingerprint density at radius 3 is 2.45 bits per heavy atom. The third-order valence-electron chi connectivity index (χ3n) is 5.88. The van der Waals surface area contributed by atoms with Crippen LogP contribution in [0.25, 0.3) is 16.6 Å². The van der Waals surface area contributed by atoms with E-state index in [1.54, 1.807) is 10.6 Å². The van der Waals surface area contributed by atoms with Crippen LogP contribution in [0.5, 0.6) is 0 Å². The first-order chi connectivity index (χ1) is 14.9. The van der Waals surface area contributed by atoms with Crippen LogP contribution in [0.4, 0.5) is 0 Å². The summed E-state index contributed by atoms with van der Waals surface area (Å²) in [4.78, 5) is 33.6. The Kier molecular flexibility index (Phi) is 6.28. The van der Waals surface area contributed by atoms with Gasteiger partial charge in [-0.2, -0.15) is 0 Å². The standard InChI is InChI=1S/C25H28BrN3O2/c1-16(2)14-15-28(24(30)18-8-9-18)17(3)23-27-22-7-5-4-6-21(22)25(31)29(23)20-12-10-19(26)11-13-20/h4-7,10-13,16-18H,8-9,14-15H2,1-3H3. The van der Waals surface area contributed by atoms with E-state index in [9.17, 15) is 9.59 Å². The average Bonchev–Trinajstić information content (AvgIpc) is 3.60. The van der Waals surface area contributed by atoms with E-state index >= 15 is 0 Å². The highest BCUT2D eigenvalue weighted by atomic mass is 79.9. The molecule has 1 amide bonds. The fourth-order valence-electron chi connectivity index (χ4n) is 3.87. The molecule has 1 aliphatic carbocycles. The lowest BCUT2D eigenvalue weighted by Gasteiger charge is -2.31. The van der Waals surface area contributed by atoms with E-state index in [2.05, 4.69) is 29.8 Å². The van der Waals surface area contributed by atoms with Crippen molar-refractivity contribution in [2.24, 2.45) is 11.8 Å². The third kappa shape index (κ3) is 4.59. The molecule has 2 aromatic carbocycles. The van der Waals surface area contributed by atoms with Gasteiger partial charge >= 0.3 is 0 Å². The molecule has 4 rings (SSSR count). The summed E-state index contributed by atoms with van der Waals surface area (Å²) in [6.45, 7) is 6.98. The van der Waals surface area contributed by atoms with Crippen molar-refractivity contribution in [3.8, 4) is 5.69 Å². The number of hydrogen-bond acceptors (Lipinski definition) is 3. The Hall–Kier alpha value is -2.47. The zero-order valence-corrected chi connectivity index (χ0v) is 19.8. The Morgan fingerprint density at radius 1 is 1.13 bits per heavy atom. The van der Waals surface area contributed by atoms with Crippen LogP contribution < -0.4 is 5.56 Å². The number of aromatic nitrogens is 2. The van der Waals surface area contributed by atoms with Gasteiger partial charge in [-0.05, 0) is 68.5 Å². The number of rotatable bonds is 7. The van der Waals surface area contributed by atoms with Crippen LogP contribution >= 0.6 is 15.9 Å². The number of para-hydroxylation sites is 1. The van der Waals surface area contributed by atoms with E-state index in [1.165, 1.54) is 0 Å². The lowest BCUT2D eigenvalue weighted by molar-refractivity contribution is -0.135. The predicted molar refractivity (Wildman–Crippen MR) is 127 cm³/mol. The highest BCUT2D eigenvalue weighted by molar-refractivity contribution is 9.10. The molecule has 1 atom stereocenters. The van der Waals surface area contributed by atoms with Crippen molar-refractivity contribution >= 4 is 32.7 Å². The molecule has 0 saturated heterocycles. The Bertz CT molecular complexity index is 1150. The van der Waals surface area contributed by atoms with Gasteiger partial charge in [0.05, 0.1) is 22.6 Å². The SMILES string of the molecule is CC(C)CCN(C(=O)C1CC1)C(C)c1nc2ccccc2c(=O)n1-c1ccc(Br)cc1. The largest absolute Gasteiger partial charge is 0.333 e. The van der Waals surface area contributed by atoms with Gasteiger partial charge in [0.2, 0.25) is 5.91 Å². The van der Waals surface area contributed by atoms with E-state index in [0.717, 1.165) is 29.4 Å². The van der Waals surface area contributed by atoms with Crippen LogP contribution in [0.15, 0.2) is 57.8 Å². The van der Waals surface area contributed by atoms with Crippen LogP contribution in [0, 0.1) is 11.8 Å². The number of amides is 1. The number of benzene rings is 2. The summed E-state index contributed by atoms with van der Waals surface area (Å²) in [7, 11) is 0. The van der Waals surface area contributed by atoms with Crippen LogP contribution in [0.1, 0.15) is 51.9 Å². The van der Waals surface area contributed by atoms with Gasteiger partial charge in [-0.3, -0.25) is 14.2 Å². The fourth-order valence-corrected chi connectivity index (χ4v) is 4.13. The molecular formula is C25H28BrN3O2. The molecule has 5 nitrogen and oxygen atoms in total. The zero-order valence-electron chi connectivity index (χ0n) is 18.2. The van der Waals surface area contributed by atoms with E-state index in [0.29, 0.717) is 29.2 Å². The molecule has 1 fully saturated rings. The minimum atomic E-state index is -0.312. The molecule has 3 aromatic rings. The summed E-state index contributed by atoms with van der Waals surface area (Å²) >= 11 is 3.47. The molecule has 0 spiro atoms. The average molecular weight is 482 g/mol. The minimum absolute atomic E-state index is 0.113. The topological polar surface area (TPSA) is 55.2 Å². The summed E-state index contributed by atoms with van der Waals surface area (Å²) in [6.07, 6.45) is 2.82. The lowest BCUT2D eigenvalue weighted by atomic mass is 10.1. The molecule has 0 aliphatic heterocycles. The van der Waals surface area contributed by atoms with Crippen molar-refractivity contribution in [2.75, 3.05) is 6.54 Å². The molecule has 1 aromatic heterocycles. The smallest absolute Gasteiger partial charge is 0.266 e. The number of carbonyl (C=O) groups excluding carboxylic acids is 1. The molecule has 1 unspecified atom stereocenters. The van der Waals surface area contributed by atoms with Crippen molar-refractivity contribution in [1.29, 1.82) is 0 Å². The molecule has 1 heterocycles. The normalized spacial score (nSPS) is 14.7. The van der Waals surface area contributed by atoms with Crippen molar-refractivity contribution in [3.05, 3.63) is 69.2 Å². The molecule has 1 aliphatic rings. The molecule has 162 valence electrons. The van der Waals surface area contributed by atoms with Gasteiger partial charge in [-0.15, -0.1) is 0 Å². The molecule has 0 bridgehead atoms. The van der Waals surface area contributed by atoms with Crippen LogP contribution in [0.3, 0.4) is 0 Å². The molecule has 0 radical (unpaired) electrons. The first-order valence-electron chi connectivity index (χ1n) is 10.9.